The van der Waals surface area contributed by atoms with Crippen LogP contribution in [0.3, 0.4) is 0 Å². The SMILES string of the molecule is CSc1nnc(SC(C(=O)Nc2ccc(Cl)c(C(F)(F)F)c2)c2ccccc2)s1. The molecule has 29 heavy (non-hydrogen) atoms. The van der Waals surface area contributed by atoms with Crippen LogP contribution in [0.1, 0.15) is 16.4 Å². The fraction of sp³-hybridized carbons (Fsp3) is 0.167. The molecule has 3 rings (SSSR count). The number of alkyl halides is 3. The third-order valence-electron chi connectivity index (χ3n) is 3.66. The number of anilines is 1. The van der Waals surface area contributed by atoms with Crippen molar-refractivity contribution < 1.29 is 18.0 Å². The fourth-order valence-electron chi connectivity index (χ4n) is 2.36. The van der Waals surface area contributed by atoms with Gasteiger partial charge in [0.15, 0.2) is 8.68 Å². The molecular formula is C18H13ClF3N3OS3. The van der Waals surface area contributed by atoms with Gasteiger partial charge in [0, 0.05) is 5.69 Å². The Labute approximate surface area is 182 Å². The van der Waals surface area contributed by atoms with Gasteiger partial charge < -0.3 is 5.32 Å². The maximum atomic E-state index is 13.1. The molecule has 0 radical (unpaired) electrons. The van der Waals surface area contributed by atoms with E-state index < -0.39 is 27.9 Å². The molecule has 3 aromatic rings. The summed E-state index contributed by atoms with van der Waals surface area (Å²) in [6.45, 7) is 0. The average Bonchev–Trinajstić information content (AvgIpc) is 3.15. The highest BCUT2D eigenvalue weighted by molar-refractivity contribution is 8.03. The maximum Gasteiger partial charge on any atom is 0.417 e. The summed E-state index contributed by atoms with van der Waals surface area (Å²) in [7, 11) is 0. The van der Waals surface area contributed by atoms with Crippen molar-refractivity contribution >= 4 is 58.1 Å². The van der Waals surface area contributed by atoms with E-state index in [-0.39, 0.29) is 5.69 Å². The molecule has 0 saturated heterocycles. The van der Waals surface area contributed by atoms with Gasteiger partial charge in [0.1, 0.15) is 5.25 Å². The third-order valence-corrected chi connectivity index (χ3v) is 7.23. The van der Waals surface area contributed by atoms with E-state index in [0.29, 0.717) is 9.90 Å². The highest BCUT2D eigenvalue weighted by atomic mass is 35.5. The van der Waals surface area contributed by atoms with Crippen LogP contribution < -0.4 is 5.32 Å². The van der Waals surface area contributed by atoms with Crippen LogP contribution in [-0.2, 0) is 11.0 Å². The van der Waals surface area contributed by atoms with Crippen molar-refractivity contribution in [1.29, 1.82) is 0 Å². The number of amides is 1. The molecule has 0 aliphatic heterocycles. The minimum Gasteiger partial charge on any atom is -0.325 e. The number of aromatic nitrogens is 2. The van der Waals surface area contributed by atoms with Gasteiger partial charge in [0.05, 0.1) is 10.6 Å². The molecule has 1 unspecified atom stereocenters. The Morgan fingerprint density at radius 1 is 1.14 bits per heavy atom. The molecule has 1 N–H and O–H groups in total. The molecule has 0 fully saturated rings. The summed E-state index contributed by atoms with van der Waals surface area (Å²) in [6, 6.07) is 12.2. The lowest BCUT2D eigenvalue weighted by atomic mass is 10.1. The van der Waals surface area contributed by atoms with Gasteiger partial charge >= 0.3 is 6.18 Å². The zero-order valence-corrected chi connectivity index (χ0v) is 17.9. The number of thioether (sulfide) groups is 2. The number of nitrogens with one attached hydrogen (secondary N) is 1. The molecule has 1 amide bonds. The van der Waals surface area contributed by atoms with Gasteiger partial charge in [-0.3, -0.25) is 4.79 Å². The molecule has 0 saturated carbocycles. The van der Waals surface area contributed by atoms with Crippen molar-refractivity contribution in [3.8, 4) is 0 Å². The minimum atomic E-state index is -4.62. The zero-order chi connectivity index (χ0) is 21.0. The normalized spacial score (nSPS) is 12.6. The number of rotatable bonds is 6. The van der Waals surface area contributed by atoms with Gasteiger partial charge in [-0.05, 0) is 30.0 Å². The summed E-state index contributed by atoms with van der Waals surface area (Å²) in [5, 5.41) is 9.48. The average molecular weight is 476 g/mol. The predicted molar refractivity (Wildman–Crippen MR) is 112 cm³/mol. The Kier molecular flexibility index (Phi) is 7.10. The number of carbonyl (C=O) groups excluding carboxylic acids is 1. The lowest BCUT2D eigenvalue weighted by molar-refractivity contribution is -0.137. The summed E-state index contributed by atoms with van der Waals surface area (Å²) in [5.41, 5.74) is -0.300. The van der Waals surface area contributed by atoms with Crippen LogP contribution in [0.4, 0.5) is 18.9 Å². The predicted octanol–water partition coefficient (Wildman–Crippen LogP) is 6.40. The lowest BCUT2D eigenvalue weighted by Gasteiger charge is -2.17. The molecular weight excluding hydrogens is 463 g/mol. The largest absolute Gasteiger partial charge is 0.417 e. The van der Waals surface area contributed by atoms with Crippen molar-refractivity contribution in [2.45, 2.75) is 20.1 Å². The summed E-state index contributed by atoms with van der Waals surface area (Å²) in [5.74, 6) is -0.474. The quantitative estimate of drug-likeness (QED) is 0.418. The van der Waals surface area contributed by atoms with Gasteiger partial charge in [-0.1, -0.05) is 76.8 Å². The molecule has 0 bridgehead atoms. The van der Waals surface area contributed by atoms with E-state index in [2.05, 4.69) is 15.5 Å². The van der Waals surface area contributed by atoms with Gasteiger partial charge in [-0.15, -0.1) is 10.2 Å². The minimum absolute atomic E-state index is 0.00956. The van der Waals surface area contributed by atoms with Gasteiger partial charge in [-0.25, -0.2) is 0 Å². The first-order chi connectivity index (χ1) is 13.8. The second-order valence-electron chi connectivity index (χ2n) is 5.63. The van der Waals surface area contributed by atoms with Crippen molar-refractivity contribution in [1.82, 2.24) is 10.2 Å². The van der Waals surface area contributed by atoms with Crippen LogP contribution in [0.2, 0.25) is 5.02 Å². The first kappa shape index (κ1) is 21.9. The number of halogens is 4. The molecule has 1 aromatic heterocycles. The first-order valence-electron chi connectivity index (χ1n) is 8.04. The summed E-state index contributed by atoms with van der Waals surface area (Å²) >= 11 is 9.62. The van der Waals surface area contributed by atoms with Gasteiger partial charge in [0.25, 0.3) is 0 Å². The summed E-state index contributed by atoms with van der Waals surface area (Å²) in [4.78, 5) is 12.9. The highest BCUT2D eigenvalue weighted by Gasteiger charge is 2.34. The van der Waals surface area contributed by atoms with Crippen LogP contribution in [-0.4, -0.2) is 22.4 Å². The Hall–Kier alpha value is -1.75. The number of carbonyl (C=O) groups is 1. The van der Waals surface area contributed by atoms with Crippen LogP contribution in [0.25, 0.3) is 0 Å². The van der Waals surface area contributed by atoms with E-state index in [9.17, 15) is 18.0 Å². The maximum absolute atomic E-state index is 13.1. The molecule has 2 aromatic carbocycles. The fourth-order valence-corrected chi connectivity index (χ4v) is 5.21. The molecule has 11 heteroatoms. The molecule has 1 heterocycles. The monoisotopic (exact) mass is 475 g/mol. The van der Waals surface area contributed by atoms with E-state index in [0.717, 1.165) is 16.5 Å². The standard InChI is InChI=1S/C18H13ClF3N3OS3/c1-27-16-24-25-17(29-16)28-14(10-5-3-2-4-6-10)15(26)23-11-7-8-13(19)12(9-11)18(20,21)22/h2-9,14H,1H3,(H,23,26). The van der Waals surface area contributed by atoms with E-state index >= 15 is 0 Å². The molecule has 4 nitrogen and oxygen atoms in total. The second-order valence-corrected chi connectivity index (χ2v) is 9.42. The van der Waals surface area contributed by atoms with Crippen molar-refractivity contribution in [2.75, 3.05) is 11.6 Å². The van der Waals surface area contributed by atoms with E-state index in [4.69, 9.17) is 11.6 Å². The highest BCUT2D eigenvalue weighted by Crippen LogP contribution is 2.40. The molecule has 1 atom stereocenters. The first-order valence-corrected chi connectivity index (χ1v) is 11.3. The van der Waals surface area contributed by atoms with Crippen molar-refractivity contribution in [3.05, 3.63) is 64.7 Å². The summed E-state index contributed by atoms with van der Waals surface area (Å²) < 4.78 is 40.6. The van der Waals surface area contributed by atoms with E-state index in [1.807, 2.05) is 12.3 Å². The van der Waals surface area contributed by atoms with Crippen molar-refractivity contribution in [3.63, 3.8) is 0 Å². The number of hydrogen-bond donors (Lipinski definition) is 1. The van der Waals surface area contributed by atoms with E-state index in [1.54, 1.807) is 24.3 Å². The smallest absolute Gasteiger partial charge is 0.325 e. The zero-order valence-electron chi connectivity index (χ0n) is 14.7. The lowest BCUT2D eigenvalue weighted by Crippen LogP contribution is -2.19. The Morgan fingerprint density at radius 3 is 2.45 bits per heavy atom. The van der Waals surface area contributed by atoms with Crippen LogP contribution >= 0.6 is 46.5 Å². The second kappa shape index (κ2) is 9.38. The van der Waals surface area contributed by atoms with Crippen LogP contribution in [0.5, 0.6) is 0 Å². The molecule has 0 aliphatic rings. The summed E-state index contributed by atoms with van der Waals surface area (Å²) in [6.07, 6.45) is -2.75. The van der Waals surface area contributed by atoms with Crippen LogP contribution in [0, 0.1) is 0 Å². The number of benzene rings is 2. The molecule has 152 valence electrons. The van der Waals surface area contributed by atoms with Crippen molar-refractivity contribution in [2.24, 2.45) is 0 Å². The molecule has 0 aliphatic carbocycles. The third kappa shape index (κ3) is 5.65. The van der Waals surface area contributed by atoms with Crippen LogP contribution in [0.15, 0.2) is 57.2 Å². The number of hydrogen-bond acceptors (Lipinski definition) is 6. The Bertz CT molecular complexity index is 999. The van der Waals surface area contributed by atoms with Gasteiger partial charge in [-0.2, -0.15) is 13.2 Å². The Morgan fingerprint density at radius 2 is 1.83 bits per heavy atom. The molecule has 0 spiro atoms. The van der Waals surface area contributed by atoms with E-state index in [1.165, 1.54) is 40.9 Å². The number of nitrogens with zero attached hydrogens (tertiary/aromatic N) is 2. The topological polar surface area (TPSA) is 54.9 Å². The van der Waals surface area contributed by atoms with Gasteiger partial charge in [0.2, 0.25) is 5.91 Å². The Balaban J connectivity index is 1.87.